The third-order valence-electron chi connectivity index (χ3n) is 3.29. The molecule has 2 aliphatic rings. The highest BCUT2D eigenvalue weighted by Crippen LogP contribution is 2.01. The second kappa shape index (κ2) is 12.3. The van der Waals surface area contributed by atoms with Crippen LogP contribution in [0.2, 0.25) is 0 Å². The van der Waals surface area contributed by atoms with Gasteiger partial charge >= 0.3 is 23.9 Å². The maximum absolute atomic E-state index is 9.94. The van der Waals surface area contributed by atoms with Crippen molar-refractivity contribution in [2.24, 2.45) is 11.8 Å². The molecular weight excluding hydrogens is 324 g/mol. The van der Waals surface area contributed by atoms with Crippen molar-refractivity contribution in [1.82, 2.24) is 10.6 Å². The minimum absolute atomic E-state index is 0.0628. The number of nitrogens with one attached hydrogen (secondary N) is 2. The molecule has 0 aromatic heterocycles. The van der Waals surface area contributed by atoms with Gasteiger partial charge in [0.2, 0.25) is 0 Å². The number of carbonyl (C=O) groups is 4. The van der Waals surface area contributed by atoms with E-state index < -0.39 is 23.9 Å². The van der Waals surface area contributed by atoms with Crippen LogP contribution >= 0.6 is 0 Å². The van der Waals surface area contributed by atoms with Crippen molar-refractivity contribution >= 4 is 23.9 Å². The standard InChI is InChI=1S/C6H10O4.2C4H7NO2/c7-5(8)3-1-2-4-6(9)10;2*6-4(7)3-1-5-2-3/h1-4H2,(H,7,8)(H,9,10);2*3,5H,1-2H2,(H,6,7). The quantitative estimate of drug-likeness (QED) is 0.323. The van der Waals surface area contributed by atoms with E-state index >= 15 is 0 Å². The summed E-state index contributed by atoms with van der Waals surface area (Å²) in [4.78, 5) is 39.7. The first kappa shape index (κ1) is 21.8. The predicted octanol–water partition coefficient (Wildman–Crippen LogP) is -0.703. The molecule has 2 aliphatic heterocycles. The lowest BCUT2D eigenvalue weighted by atomic mass is 10.1. The maximum Gasteiger partial charge on any atom is 0.309 e. The third kappa shape index (κ3) is 11.4. The lowest BCUT2D eigenvalue weighted by Crippen LogP contribution is -2.46. The number of rotatable bonds is 7. The van der Waals surface area contributed by atoms with Gasteiger partial charge in [0, 0.05) is 39.0 Å². The maximum atomic E-state index is 9.94. The van der Waals surface area contributed by atoms with Crippen LogP contribution in [0.25, 0.3) is 0 Å². The van der Waals surface area contributed by atoms with Crippen LogP contribution in [0.3, 0.4) is 0 Å². The molecule has 0 spiro atoms. The molecular formula is C14H24N2O8. The van der Waals surface area contributed by atoms with Crippen molar-refractivity contribution in [3.8, 4) is 0 Å². The molecule has 0 unspecified atom stereocenters. The summed E-state index contributed by atoms with van der Waals surface area (Å²) in [6.45, 7) is 2.59. The van der Waals surface area contributed by atoms with Gasteiger partial charge in [0.1, 0.15) is 0 Å². The van der Waals surface area contributed by atoms with E-state index in [1.54, 1.807) is 0 Å². The molecule has 0 radical (unpaired) electrons. The van der Waals surface area contributed by atoms with Crippen molar-refractivity contribution in [3.05, 3.63) is 0 Å². The Morgan fingerprint density at radius 1 is 0.667 bits per heavy atom. The molecule has 0 aromatic rings. The Balaban J connectivity index is 0.000000337. The van der Waals surface area contributed by atoms with Gasteiger partial charge in [0.15, 0.2) is 0 Å². The molecule has 10 nitrogen and oxygen atoms in total. The predicted molar refractivity (Wildman–Crippen MR) is 81.7 cm³/mol. The Morgan fingerprint density at radius 2 is 0.958 bits per heavy atom. The van der Waals surface area contributed by atoms with Gasteiger partial charge in [-0.1, -0.05) is 0 Å². The first-order valence-electron chi connectivity index (χ1n) is 7.54. The smallest absolute Gasteiger partial charge is 0.309 e. The summed E-state index contributed by atoms with van der Waals surface area (Å²) in [7, 11) is 0. The summed E-state index contributed by atoms with van der Waals surface area (Å²) >= 11 is 0. The Labute approximate surface area is 138 Å². The zero-order valence-corrected chi connectivity index (χ0v) is 13.2. The first-order valence-corrected chi connectivity index (χ1v) is 7.54. The lowest BCUT2D eigenvalue weighted by Gasteiger charge is -2.21. The topological polar surface area (TPSA) is 173 Å². The van der Waals surface area contributed by atoms with Crippen molar-refractivity contribution in [1.29, 1.82) is 0 Å². The molecule has 0 saturated carbocycles. The fourth-order valence-corrected chi connectivity index (χ4v) is 1.48. The monoisotopic (exact) mass is 348 g/mol. The molecule has 10 heteroatoms. The number of hydrogen-bond donors (Lipinski definition) is 6. The van der Waals surface area contributed by atoms with Crippen LogP contribution in [0.4, 0.5) is 0 Å². The fourth-order valence-electron chi connectivity index (χ4n) is 1.48. The summed E-state index contributed by atoms with van der Waals surface area (Å²) in [5, 5.41) is 38.4. The van der Waals surface area contributed by atoms with E-state index in [1.807, 2.05) is 0 Å². The van der Waals surface area contributed by atoms with Crippen molar-refractivity contribution in [2.75, 3.05) is 26.2 Å². The Bertz CT molecular complexity index is 392. The van der Waals surface area contributed by atoms with E-state index in [0.29, 0.717) is 39.0 Å². The average Bonchev–Trinajstić information content (AvgIpc) is 2.30. The SMILES string of the molecule is O=C(O)C1CNC1.O=C(O)C1CNC1.O=C(O)CCCCC(=O)O. The second-order valence-electron chi connectivity index (χ2n) is 5.38. The van der Waals surface area contributed by atoms with Crippen LogP contribution in [0, 0.1) is 11.8 Å². The number of carboxylic acid groups (broad SMARTS) is 4. The normalized spacial score (nSPS) is 16.2. The van der Waals surface area contributed by atoms with E-state index in [1.165, 1.54) is 0 Å². The Morgan fingerprint density at radius 3 is 1.04 bits per heavy atom. The molecule has 0 aliphatic carbocycles. The van der Waals surface area contributed by atoms with Crippen LogP contribution in [0.5, 0.6) is 0 Å². The van der Waals surface area contributed by atoms with E-state index in [4.69, 9.17) is 20.4 Å². The zero-order chi connectivity index (χ0) is 18.5. The van der Waals surface area contributed by atoms with Crippen LogP contribution in [-0.4, -0.2) is 70.5 Å². The van der Waals surface area contributed by atoms with Gasteiger partial charge in [-0.25, -0.2) is 0 Å². The van der Waals surface area contributed by atoms with Crippen LogP contribution in [0.1, 0.15) is 25.7 Å². The number of carboxylic acids is 4. The molecule has 2 rings (SSSR count). The molecule has 0 amide bonds. The Hall–Kier alpha value is -2.20. The molecule has 2 fully saturated rings. The van der Waals surface area contributed by atoms with Crippen molar-refractivity contribution in [3.63, 3.8) is 0 Å². The highest BCUT2D eigenvalue weighted by atomic mass is 16.4. The van der Waals surface area contributed by atoms with Gasteiger partial charge in [-0.2, -0.15) is 0 Å². The largest absolute Gasteiger partial charge is 0.481 e. The lowest BCUT2D eigenvalue weighted by molar-refractivity contribution is -0.144. The van der Waals surface area contributed by atoms with Gasteiger partial charge < -0.3 is 31.1 Å². The summed E-state index contributed by atoms with van der Waals surface area (Å²) in [5.74, 6) is -3.33. The molecule has 0 aromatic carbocycles. The van der Waals surface area contributed by atoms with E-state index in [0.717, 1.165) is 0 Å². The zero-order valence-electron chi connectivity index (χ0n) is 13.2. The van der Waals surface area contributed by atoms with Crippen molar-refractivity contribution in [2.45, 2.75) is 25.7 Å². The summed E-state index contributed by atoms with van der Waals surface area (Å²) in [5.41, 5.74) is 0. The van der Waals surface area contributed by atoms with Gasteiger partial charge in [-0.05, 0) is 12.8 Å². The number of hydrogen-bond acceptors (Lipinski definition) is 6. The van der Waals surface area contributed by atoms with Gasteiger partial charge in [0.05, 0.1) is 11.8 Å². The molecule has 0 bridgehead atoms. The summed E-state index contributed by atoms with van der Waals surface area (Å²) in [6, 6.07) is 0. The highest BCUT2D eigenvalue weighted by Gasteiger charge is 2.23. The Kier molecular flexibility index (Phi) is 11.1. The summed E-state index contributed by atoms with van der Waals surface area (Å²) in [6.07, 6.45) is 1.02. The van der Waals surface area contributed by atoms with Crippen LogP contribution in [0.15, 0.2) is 0 Å². The third-order valence-corrected chi connectivity index (χ3v) is 3.29. The first-order chi connectivity index (χ1) is 11.2. The molecule has 6 N–H and O–H groups in total. The minimum Gasteiger partial charge on any atom is -0.481 e. The van der Waals surface area contributed by atoms with Crippen LogP contribution in [-0.2, 0) is 19.2 Å². The highest BCUT2D eigenvalue weighted by molar-refractivity contribution is 5.72. The van der Waals surface area contributed by atoms with Crippen molar-refractivity contribution < 1.29 is 39.6 Å². The second-order valence-corrected chi connectivity index (χ2v) is 5.38. The minimum atomic E-state index is -0.870. The van der Waals surface area contributed by atoms with Gasteiger partial charge in [-0.3, -0.25) is 19.2 Å². The fraction of sp³-hybridized carbons (Fsp3) is 0.714. The summed E-state index contributed by atoms with van der Waals surface area (Å²) < 4.78 is 0. The molecule has 2 heterocycles. The van der Waals surface area contributed by atoms with Gasteiger partial charge in [-0.15, -0.1) is 0 Å². The van der Waals surface area contributed by atoms with E-state index in [9.17, 15) is 19.2 Å². The molecule has 2 saturated heterocycles. The van der Waals surface area contributed by atoms with E-state index in [-0.39, 0.29) is 24.7 Å². The van der Waals surface area contributed by atoms with E-state index in [2.05, 4.69) is 10.6 Å². The average molecular weight is 348 g/mol. The molecule has 24 heavy (non-hydrogen) atoms. The molecule has 0 atom stereocenters. The number of unbranched alkanes of at least 4 members (excludes halogenated alkanes) is 1. The molecule has 138 valence electrons. The van der Waals surface area contributed by atoms with Crippen LogP contribution < -0.4 is 10.6 Å². The number of aliphatic carboxylic acids is 4. The van der Waals surface area contributed by atoms with Gasteiger partial charge in [0.25, 0.3) is 0 Å².